The third-order valence-electron chi connectivity index (χ3n) is 4.05. The molecule has 1 amide bonds. The number of carbonyl (C=O) groups excluding carboxylic acids is 2. The van der Waals surface area contributed by atoms with E-state index in [-0.39, 0.29) is 30.3 Å². The normalized spacial score (nSPS) is 10.9. The van der Waals surface area contributed by atoms with Crippen molar-refractivity contribution in [3.63, 3.8) is 0 Å². The highest BCUT2D eigenvalue weighted by molar-refractivity contribution is 7.14. The Morgan fingerprint density at radius 3 is 2.66 bits per heavy atom. The van der Waals surface area contributed by atoms with Crippen LogP contribution in [0.2, 0.25) is 0 Å². The Balaban J connectivity index is 1.61. The lowest BCUT2D eigenvalue weighted by Crippen LogP contribution is -2.13. The van der Waals surface area contributed by atoms with E-state index < -0.39 is 6.61 Å². The summed E-state index contributed by atoms with van der Waals surface area (Å²) in [6.07, 6.45) is 0.138. The van der Waals surface area contributed by atoms with Gasteiger partial charge >= 0.3 is 6.61 Å². The number of rotatable bonds is 8. The number of Topliss-reactive ketones (excluding diaryl/α,β-unsaturated/α-hetero) is 1. The number of ether oxygens (including phenoxy) is 1. The summed E-state index contributed by atoms with van der Waals surface area (Å²) in [4.78, 5) is 30.7. The molecule has 0 aliphatic rings. The zero-order chi connectivity index (χ0) is 21.0. The summed E-state index contributed by atoms with van der Waals surface area (Å²) in [7, 11) is 0. The minimum Gasteiger partial charge on any atom is -0.434 e. The molecule has 2 aromatic heterocycles. The van der Waals surface area contributed by atoms with Gasteiger partial charge in [0.2, 0.25) is 5.91 Å². The molecular formula is C20H18F2N2O3S2. The van der Waals surface area contributed by atoms with Gasteiger partial charge in [-0.2, -0.15) is 8.78 Å². The number of thiophene rings is 1. The number of anilines is 1. The number of aryl methyl sites for hydroxylation is 2. The van der Waals surface area contributed by atoms with E-state index in [0.717, 1.165) is 9.75 Å². The summed E-state index contributed by atoms with van der Waals surface area (Å²) in [5, 5.41) is 4.62. The highest BCUT2D eigenvalue weighted by Gasteiger charge is 2.16. The third kappa shape index (κ3) is 5.45. The number of halogens is 2. The maximum Gasteiger partial charge on any atom is 0.387 e. The summed E-state index contributed by atoms with van der Waals surface area (Å²) in [5.74, 6) is -0.390. The Hall–Kier alpha value is -2.65. The van der Waals surface area contributed by atoms with E-state index in [1.54, 1.807) is 34.9 Å². The maximum atomic E-state index is 12.6. The van der Waals surface area contributed by atoms with Crippen LogP contribution >= 0.6 is 22.7 Å². The predicted octanol–water partition coefficient (Wildman–Crippen LogP) is 5.69. The summed E-state index contributed by atoms with van der Waals surface area (Å²) in [6, 6.07) is 8.16. The number of hydrogen-bond acceptors (Lipinski definition) is 6. The number of ketones is 1. The Morgan fingerprint density at radius 1 is 1.21 bits per heavy atom. The minimum absolute atomic E-state index is 0.0118. The van der Waals surface area contributed by atoms with E-state index in [0.29, 0.717) is 22.0 Å². The first-order valence-corrected chi connectivity index (χ1v) is 10.4. The van der Waals surface area contributed by atoms with Crippen molar-refractivity contribution in [1.29, 1.82) is 0 Å². The molecule has 1 aromatic carbocycles. The van der Waals surface area contributed by atoms with Crippen molar-refractivity contribution in [2.24, 2.45) is 0 Å². The fourth-order valence-corrected chi connectivity index (χ4v) is 4.45. The lowest BCUT2D eigenvalue weighted by atomic mass is 10.1. The molecule has 5 nitrogen and oxygen atoms in total. The summed E-state index contributed by atoms with van der Waals surface area (Å²) in [6.45, 7) is 0.880. The molecule has 0 bridgehead atoms. The number of para-hydroxylation sites is 1. The fraction of sp³-hybridized carbons (Fsp3) is 0.250. The molecule has 0 spiro atoms. The number of benzene rings is 1. The second kappa shape index (κ2) is 9.23. The van der Waals surface area contributed by atoms with Crippen LogP contribution in [0.25, 0.3) is 11.3 Å². The van der Waals surface area contributed by atoms with E-state index in [9.17, 15) is 18.4 Å². The maximum absolute atomic E-state index is 12.6. The Labute approximate surface area is 174 Å². The van der Waals surface area contributed by atoms with Gasteiger partial charge in [0.1, 0.15) is 5.75 Å². The van der Waals surface area contributed by atoms with E-state index >= 15 is 0 Å². The van der Waals surface area contributed by atoms with Crippen molar-refractivity contribution in [3.05, 3.63) is 51.0 Å². The van der Waals surface area contributed by atoms with Crippen molar-refractivity contribution in [3.8, 4) is 17.0 Å². The number of nitrogens with one attached hydrogen (secondary N) is 1. The molecule has 0 radical (unpaired) electrons. The van der Waals surface area contributed by atoms with Crippen molar-refractivity contribution >= 4 is 39.5 Å². The van der Waals surface area contributed by atoms with Gasteiger partial charge in [-0.1, -0.05) is 12.1 Å². The van der Waals surface area contributed by atoms with Gasteiger partial charge in [0.05, 0.1) is 5.69 Å². The average Bonchev–Trinajstić information content (AvgIpc) is 3.25. The van der Waals surface area contributed by atoms with Crippen LogP contribution in [0.5, 0.6) is 5.75 Å². The third-order valence-corrected chi connectivity index (χ3v) is 5.77. The van der Waals surface area contributed by atoms with Crippen LogP contribution < -0.4 is 10.1 Å². The number of carbonyl (C=O) groups is 2. The van der Waals surface area contributed by atoms with Crippen LogP contribution in [0.1, 0.15) is 33.0 Å². The molecule has 0 aliphatic carbocycles. The average molecular weight is 437 g/mol. The smallest absolute Gasteiger partial charge is 0.387 e. The first kappa shape index (κ1) is 21.1. The quantitative estimate of drug-likeness (QED) is 0.461. The van der Waals surface area contributed by atoms with Crippen LogP contribution in [0.3, 0.4) is 0 Å². The van der Waals surface area contributed by atoms with E-state index in [1.165, 1.54) is 17.4 Å². The van der Waals surface area contributed by atoms with Crippen LogP contribution in [0.4, 0.5) is 13.9 Å². The van der Waals surface area contributed by atoms with Crippen molar-refractivity contribution in [2.75, 3.05) is 5.32 Å². The predicted molar refractivity (Wildman–Crippen MR) is 110 cm³/mol. The van der Waals surface area contributed by atoms with Crippen molar-refractivity contribution < 1.29 is 23.1 Å². The number of hydrogen-bond donors (Lipinski definition) is 1. The Kier molecular flexibility index (Phi) is 6.71. The van der Waals surface area contributed by atoms with Crippen LogP contribution in [0, 0.1) is 13.8 Å². The van der Waals surface area contributed by atoms with Gasteiger partial charge < -0.3 is 10.1 Å². The van der Waals surface area contributed by atoms with Gasteiger partial charge in [-0.3, -0.25) is 9.59 Å². The van der Waals surface area contributed by atoms with Gasteiger partial charge in [0.25, 0.3) is 0 Å². The first-order chi connectivity index (χ1) is 13.8. The monoisotopic (exact) mass is 436 g/mol. The molecule has 0 unspecified atom stereocenters. The van der Waals surface area contributed by atoms with Gasteiger partial charge in [-0.25, -0.2) is 4.98 Å². The Bertz CT molecular complexity index is 1030. The molecule has 152 valence electrons. The van der Waals surface area contributed by atoms with Gasteiger partial charge in [0, 0.05) is 39.1 Å². The zero-order valence-electron chi connectivity index (χ0n) is 15.7. The minimum atomic E-state index is -2.94. The number of aromatic nitrogens is 1. The molecule has 3 aromatic rings. The second-order valence-electron chi connectivity index (χ2n) is 6.21. The molecular weight excluding hydrogens is 418 g/mol. The van der Waals surface area contributed by atoms with Crippen LogP contribution in [0.15, 0.2) is 35.7 Å². The molecule has 1 N–H and O–H groups in total. The van der Waals surface area contributed by atoms with Gasteiger partial charge in [-0.15, -0.1) is 22.7 Å². The summed E-state index contributed by atoms with van der Waals surface area (Å²) in [5.41, 5.74) is 1.48. The van der Waals surface area contributed by atoms with Gasteiger partial charge in [-0.05, 0) is 32.0 Å². The molecule has 3 rings (SSSR count). The van der Waals surface area contributed by atoms with Crippen LogP contribution in [-0.2, 0) is 4.79 Å². The van der Waals surface area contributed by atoms with Crippen molar-refractivity contribution in [2.45, 2.75) is 33.3 Å². The van der Waals surface area contributed by atoms with Crippen LogP contribution in [-0.4, -0.2) is 23.3 Å². The van der Waals surface area contributed by atoms with E-state index in [2.05, 4.69) is 15.0 Å². The SMILES string of the molecule is Cc1cc(C(=O)CCC(=O)Nc2nc(-c3ccccc3OC(F)F)cs2)c(C)s1. The second-order valence-corrected chi connectivity index (χ2v) is 8.53. The topological polar surface area (TPSA) is 68.3 Å². The highest BCUT2D eigenvalue weighted by Crippen LogP contribution is 2.33. The highest BCUT2D eigenvalue weighted by atomic mass is 32.1. The lowest BCUT2D eigenvalue weighted by molar-refractivity contribution is -0.116. The molecule has 2 heterocycles. The molecule has 29 heavy (non-hydrogen) atoms. The molecule has 0 atom stereocenters. The number of alkyl halides is 2. The molecule has 9 heteroatoms. The molecule has 0 saturated carbocycles. The summed E-state index contributed by atoms with van der Waals surface area (Å²) >= 11 is 2.72. The molecule has 0 saturated heterocycles. The van der Waals surface area contributed by atoms with Gasteiger partial charge in [0.15, 0.2) is 10.9 Å². The van der Waals surface area contributed by atoms with E-state index in [4.69, 9.17) is 0 Å². The zero-order valence-corrected chi connectivity index (χ0v) is 17.3. The fourth-order valence-electron chi connectivity index (χ4n) is 2.78. The molecule has 0 fully saturated rings. The number of amides is 1. The summed E-state index contributed by atoms with van der Waals surface area (Å²) < 4.78 is 29.7. The standard InChI is InChI=1S/C20H18F2N2O3S2/c1-11-9-14(12(2)29-11)16(25)7-8-18(26)24-20-23-15(10-28-20)13-5-3-4-6-17(13)27-19(21)22/h3-6,9-10,19H,7-8H2,1-2H3,(H,23,24,26). The lowest BCUT2D eigenvalue weighted by Gasteiger charge is -2.08. The largest absolute Gasteiger partial charge is 0.434 e. The number of thiazole rings is 1. The number of nitrogens with zero attached hydrogens (tertiary/aromatic N) is 1. The van der Waals surface area contributed by atoms with Crippen molar-refractivity contribution in [1.82, 2.24) is 4.98 Å². The first-order valence-electron chi connectivity index (χ1n) is 8.73. The molecule has 0 aliphatic heterocycles. The van der Waals surface area contributed by atoms with E-state index in [1.807, 2.05) is 19.9 Å². The Morgan fingerprint density at radius 2 is 1.97 bits per heavy atom.